The van der Waals surface area contributed by atoms with Crippen molar-refractivity contribution in [3.63, 3.8) is 0 Å². The molecule has 26 heavy (non-hydrogen) atoms. The van der Waals surface area contributed by atoms with Crippen LogP contribution in [0.25, 0.3) is 0 Å². The van der Waals surface area contributed by atoms with Gasteiger partial charge in [0, 0.05) is 30.9 Å². The summed E-state index contributed by atoms with van der Waals surface area (Å²) in [7, 11) is 0. The maximum absolute atomic E-state index is 12.7. The lowest BCUT2D eigenvalue weighted by Gasteiger charge is -2.54. The highest BCUT2D eigenvalue weighted by Gasteiger charge is 2.46. The number of carbonyl (C=O) groups excluding carboxylic acids is 1. The first-order valence-corrected chi connectivity index (χ1v) is 9.79. The Hall–Kier alpha value is -1.50. The number of piperidine rings is 1. The molecule has 2 N–H and O–H groups in total. The first-order valence-electron chi connectivity index (χ1n) is 9.41. The second-order valence-corrected chi connectivity index (χ2v) is 8.15. The van der Waals surface area contributed by atoms with E-state index in [-0.39, 0.29) is 18.7 Å². The zero-order valence-electron chi connectivity index (χ0n) is 15.0. The van der Waals surface area contributed by atoms with Gasteiger partial charge in [0.1, 0.15) is 0 Å². The monoisotopic (exact) mass is 379 g/mol. The molecule has 4 aliphatic rings. The molecule has 4 fully saturated rings. The Labute approximate surface area is 159 Å². The highest BCUT2D eigenvalue weighted by molar-refractivity contribution is 6.33. The van der Waals surface area contributed by atoms with E-state index in [9.17, 15) is 4.79 Å². The van der Waals surface area contributed by atoms with Gasteiger partial charge in [-0.1, -0.05) is 18.5 Å². The van der Waals surface area contributed by atoms with Crippen LogP contribution in [-0.2, 0) is 4.74 Å². The Morgan fingerprint density at radius 3 is 2.73 bits per heavy atom. The molecule has 2 unspecified atom stereocenters. The van der Waals surface area contributed by atoms with Gasteiger partial charge in [-0.05, 0) is 43.4 Å². The van der Waals surface area contributed by atoms with Crippen molar-refractivity contribution in [1.82, 2.24) is 4.90 Å². The van der Waals surface area contributed by atoms with E-state index in [0.29, 0.717) is 23.7 Å². The van der Waals surface area contributed by atoms with Gasteiger partial charge in [0.25, 0.3) is 0 Å². The van der Waals surface area contributed by atoms with Gasteiger partial charge in [0.2, 0.25) is 0 Å². The Kier molecular flexibility index (Phi) is 4.99. The van der Waals surface area contributed by atoms with Crippen LogP contribution in [0.1, 0.15) is 26.2 Å². The molecule has 0 radical (unpaired) electrons. The van der Waals surface area contributed by atoms with Crippen LogP contribution in [0.3, 0.4) is 0 Å². The van der Waals surface area contributed by atoms with Crippen molar-refractivity contribution >= 4 is 29.0 Å². The van der Waals surface area contributed by atoms with Crippen molar-refractivity contribution in [2.75, 3.05) is 36.5 Å². The SMILES string of the molecule is CC1CC2CC(C1)N2C(=O)Nc1ccc(Cl)c(N2CC(OCCO)C2)c1. The van der Waals surface area contributed by atoms with E-state index < -0.39 is 0 Å². The number of anilines is 2. The number of hydrogen-bond acceptors (Lipinski definition) is 4. The number of nitrogens with one attached hydrogen (secondary N) is 1. The summed E-state index contributed by atoms with van der Waals surface area (Å²) in [6.45, 7) is 4.15. The molecular weight excluding hydrogens is 354 g/mol. The fourth-order valence-corrected chi connectivity index (χ4v) is 4.70. The number of benzene rings is 1. The van der Waals surface area contributed by atoms with Gasteiger partial charge in [-0.15, -0.1) is 0 Å². The molecule has 3 heterocycles. The summed E-state index contributed by atoms with van der Waals surface area (Å²) in [5.41, 5.74) is 1.68. The second-order valence-electron chi connectivity index (χ2n) is 7.74. The highest BCUT2D eigenvalue weighted by Crippen LogP contribution is 2.41. The molecule has 2 bridgehead atoms. The summed E-state index contributed by atoms with van der Waals surface area (Å²) < 4.78 is 5.51. The number of amides is 2. The van der Waals surface area contributed by atoms with Gasteiger partial charge >= 0.3 is 6.03 Å². The van der Waals surface area contributed by atoms with Gasteiger partial charge < -0.3 is 25.0 Å². The topological polar surface area (TPSA) is 65.0 Å². The number of rotatable bonds is 5. The Bertz CT molecular complexity index is 668. The molecule has 3 aliphatic heterocycles. The van der Waals surface area contributed by atoms with Crippen LogP contribution in [0.2, 0.25) is 5.02 Å². The van der Waals surface area contributed by atoms with Crippen molar-refractivity contribution in [3.8, 4) is 0 Å². The van der Waals surface area contributed by atoms with E-state index in [4.69, 9.17) is 21.4 Å². The molecule has 2 atom stereocenters. The summed E-state index contributed by atoms with van der Waals surface area (Å²) in [6.07, 6.45) is 3.49. The lowest BCUT2D eigenvalue weighted by Crippen LogP contribution is -2.63. The lowest BCUT2D eigenvalue weighted by atomic mass is 9.74. The number of halogens is 1. The van der Waals surface area contributed by atoms with E-state index in [1.165, 1.54) is 0 Å². The van der Waals surface area contributed by atoms with Gasteiger partial charge in [0.05, 0.1) is 30.0 Å². The number of aliphatic hydroxyl groups excluding tert-OH is 1. The van der Waals surface area contributed by atoms with Crippen LogP contribution >= 0.6 is 11.6 Å². The standard InChI is InChI=1S/C19H26ClN3O3/c1-12-6-14-9-15(7-12)23(14)19(25)21-13-2-3-17(20)18(8-13)22-10-16(11-22)26-5-4-24/h2-3,8,12,14-16,24H,4-7,9-11H2,1H3,(H,21,25). The Morgan fingerprint density at radius 2 is 2.04 bits per heavy atom. The maximum atomic E-state index is 12.7. The summed E-state index contributed by atoms with van der Waals surface area (Å²) in [4.78, 5) is 16.8. The molecule has 3 saturated heterocycles. The molecule has 6 nitrogen and oxygen atoms in total. The second kappa shape index (κ2) is 7.25. The number of nitrogens with zero attached hydrogens (tertiary/aromatic N) is 2. The predicted molar refractivity (Wildman–Crippen MR) is 102 cm³/mol. The molecule has 7 heteroatoms. The minimum absolute atomic E-state index is 0.000752. The molecule has 1 aromatic rings. The molecule has 1 saturated carbocycles. The van der Waals surface area contributed by atoms with Gasteiger partial charge in [-0.3, -0.25) is 0 Å². The normalized spacial score (nSPS) is 27.7. The molecular formula is C19H26ClN3O3. The Morgan fingerprint density at radius 1 is 1.31 bits per heavy atom. The fourth-order valence-electron chi connectivity index (χ4n) is 4.46. The van der Waals surface area contributed by atoms with Crippen molar-refractivity contribution < 1.29 is 14.6 Å². The molecule has 2 amide bonds. The quantitative estimate of drug-likeness (QED) is 0.825. The van der Waals surface area contributed by atoms with E-state index in [1.807, 2.05) is 23.1 Å². The van der Waals surface area contributed by atoms with Crippen LogP contribution in [-0.4, -0.2) is 60.5 Å². The number of ether oxygens (including phenoxy) is 1. The summed E-state index contributed by atoms with van der Waals surface area (Å²) in [5, 5.41) is 12.5. The van der Waals surface area contributed by atoms with Crippen LogP contribution in [0.15, 0.2) is 18.2 Å². The van der Waals surface area contributed by atoms with Crippen LogP contribution < -0.4 is 10.2 Å². The van der Waals surface area contributed by atoms with Gasteiger partial charge in [-0.2, -0.15) is 0 Å². The van der Waals surface area contributed by atoms with Crippen molar-refractivity contribution in [2.45, 2.75) is 44.4 Å². The van der Waals surface area contributed by atoms with Gasteiger partial charge in [0.15, 0.2) is 0 Å². The predicted octanol–water partition coefficient (Wildman–Crippen LogP) is 2.94. The van der Waals surface area contributed by atoms with Crippen LogP contribution in [0.5, 0.6) is 0 Å². The third kappa shape index (κ3) is 3.38. The van der Waals surface area contributed by atoms with E-state index in [2.05, 4.69) is 17.1 Å². The molecule has 0 aromatic heterocycles. The fraction of sp³-hybridized carbons (Fsp3) is 0.632. The van der Waals surface area contributed by atoms with Crippen molar-refractivity contribution in [1.29, 1.82) is 0 Å². The molecule has 142 valence electrons. The molecule has 1 aliphatic carbocycles. The minimum atomic E-state index is -0.000752. The zero-order valence-corrected chi connectivity index (χ0v) is 15.8. The summed E-state index contributed by atoms with van der Waals surface area (Å²) in [6, 6.07) is 6.40. The maximum Gasteiger partial charge on any atom is 0.322 e. The molecule has 5 rings (SSSR count). The van der Waals surface area contributed by atoms with Crippen LogP contribution in [0, 0.1) is 5.92 Å². The molecule has 0 spiro atoms. The summed E-state index contributed by atoms with van der Waals surface area (Å²) >= 11 is 6.34. The highest BCUT2D eigenvalue weighted by atomic mass is 35.5. The summed E-state index contributed by atoms with van der Waals surface area (Å²) in [5.74, 6) is 0.720. The first kappa shape index (κ1) is 17.9. The third-order valence-electron chi connectivity index (χ3n) is 5.75. The number of urea groups is 1. The van der Waals surface area contributed by atoms with Crippen molar-refractivity contribution in [2.24, 2.45) is 5.92 Å². The van der Waals surface area contributed by atoms with Crippen LogP contribution in [0.4, 0.5) is 16.2 Å². The number of aliphatic hydroxyl groups is 1. The van der Waals surface area contributed by atoms with E-state index >= 15 is 0 Å². The third-order valence-corrected chi connectivity index (χ3v) is 6.06. The number of fused-ring (bicyclic) bond motifs is 2. The molecule has 1 aromatic carbocycles. The average molecular weight is 380 g/mol. The Balaban J connectivity index is 1.37. The van der Waals surface area contributed by atoms with Crippen molar-refractivity contribution in [3.05, 3.63) is 23.2 Å². The van der Waals surface area contributed by atoms with E-state index in [1.54, 1.807) is 0 Å². The number of hydrogen-bond donors (Lipinski definition) is 2. The van der Waals surface area contributed by atoms with E-state index in [0.717, 1.165) is 49.6 Å². The smallest absolute Gasteiger partial charge is 0.322 e. The number of carbonyl (C=O) groups is 1. The minimum Gasteiger partial charge on any atom is -0.394 e. The average Bonchev–Trinajstić information content (AvgIpc) is 2.55. The lowest BCUT2D eigenvalue weighted by molar-refractivity contribution is -0.00601. The first-order chi connectivity index (χ1) is 12.5. The van der Waals surface area contributed by atoms with Gasteiger partial charge in [-0.25, -0.2) is 4.79 Å². The zero-order chi connectivity index (χ0) is 18.3. The largest absolute Gasteiger partial charge is 0.394 e.